The number of benzene rings is 2. The highest BCUT2D eigenvalue weighted by atomic mass is 32.1. The third kappa shape index (κ3) is 5.84. The fourth-order valence-corrected chi connectivity index (χ4v) is 5.45. The zero-order chi connectivity index (χ0) is 27.4. The molecule has 0 aliphatic rings. The predicted octanol–water partition coefficient (Wildman–Crippen LogP) is 4.93. The fourth-order valence-electron chi connectivity index (χ4n) is 4.72. The van der Waals surface area contributed by atoms with E-state index >= 15 is 0 Å². The van der Waals surface area contributed by atoms with Crippen LogP contribution in [0, 0.1) is 5.82 Å². The molecule has 9 nitrogen and oxygen atoms in total. The molecule has 0 radical (unpaired) electrons. The molecule has 5 aromatic rings. The lowest BCUT2D eigenvalue weighted by atomic mass is 10.1. The Balaban J connectivity index is 1.51. The summed E-state index contributed by atoms with van der Waals surface area (Å²) in [4.78, 5) is 19.6. The van der Waals surface area contributed by atoms with E-state index in [1.807, 2.05) is 23.6 Å². The first-order valence-corrected chi connectivity index (χ1v) is 13.4. The first-order chi connectivity index (χ1) is 19.0. The van der Waals surface area contributed by atoms with Gasteiger partial charge in [-0.25, -0.2) is 9.07 Å². The molecule has 0 bridgehead atoms. The zero-order valence-electron chi connectivity index (χ0n) is 21.9. The molecule has 0 saturated heterocycles. The van der Waals surface area contributed by atoms with E-state index < -0.39 is 0 Å². The fraction of sp³-hybridized carbons (Fsp3) is 0.286. The van der Waals surface area contributed by atoms with E-state index in [1.54, 1.807) is 48.4 Å². The average molecular weight is 549 g/mol. The molecule has 0 aliphatic carbocycles. The van der Waals surface area contributed by atoms with E-state index in [2.05, 4.69) is 38.4 Å². The maximum absolute atomic E-state index is 13.4. The molecule has 1 N–H and O–H groups in total. The molecule has 0 saturated carbocycles. The number of aromatic nitrogens is 5. The van der Waals surface area contributed by atoms with Gasteiger partial charge in [0.05, 0.1) is 32.3 Å². The second kappa shape index (κ2) is 11.7. The molecule has 0 amide bonds. The van der Waals surface area contributed by atoms with Crippen molar-refractivity contribution in [2.45, 2.75) is 39.0 Å². The normalized spacial score (nSPS) is 12.2. The van der Waals surface area contributed by atoms with E-state index in [-0.39, 0.29) is 17.4 Å². The van der Waals surface area contributed by atoms with Crippen LogP contribution in [0.15, 0.2) is 64.8 Å². The number of aromatic amines is 1. The molecule has 2 aromatic carbocycles. The lowest BCUT2D eigenvalue weighted by Gasteiger charge is -2.30. The van der Waals surface area contributed by atoms with E-state index in [9.17, 15) is 9.18 Å². The summed E-state index contributed by atoms with van der Waals surface area (Å²) in [6.07, 6.45) is 0.714. The molecule has 5 rings (SSSR count). The molecule has 202 valence electrons. The predicted molar refractivity (Wildman–Crippen MR) is 148 cm³/mol. The van der Waals surface area contributed by atoms with Crippen LogP contribution < -0.4 is 15.0 Å². The van der Waals surface area contributed by atoms with Crippen molar-refractivity contribution in [2.24, 2.45) is 0 Å². The minimum atomic E-state index is -0.291. The van der Waals surface area contributed by atoms with Gasteiger partial charge in [0.15, 0.2) is 17.3 Å². The Hall–Kier alpha value is -4.09. The van der Waals surface area contributed by atoms with Gasteiger partial charge in [0, 0.05) is 35.0 Å². The summed E-state index contributed by atoms with van der Waals surface area (Å²) in [5.74, 6) is 1.53. The quantitative estimate of drug-likeness (QED) is 0.250. The van der Waals surface area contributed by atoms with Crippen LogP contribution in [0.4, 0.5) is 4.39 Å². The summed E-state index contributed by atoms with van der Waals surface area (Å²) in [6, 6.07) is 15.7. The van der Waals surface area contributed by atoms with Gasteiger partial charge in [-0.3, -0.25) is 9.69 Å². The number of hydrogen-bond acceptors (Lipinski definition) is 8. The number of halogens is 1. The maximum Gasteiger partial charge on any atom is 0.252 e. The lowest BCUT2D eigenvalue weighted by molar-refractivity contribution is 0.163. The summed E-state index contributed by atoms with van der Waals surface area (Å²) in [6.45, 7) is 3.47. The number of pyridine rings is 1. The van der Waals surface area contributed by atoms with Gasteiger partial charge in [-0.15, -0.1) is 16.4 Å². The van der Waals surface area contributed by atoms with Gasteiger partial charge >= 0.3 is 0 Å². The summed E-state index contributed by atoms with van der Waals surface area (Å²) in [5.41, 5.74) is 2.00. The second-order valence-electron chi connectivity index (χ2n) is 9.15. The van der Waals surface area contributed by atoms with Gasteiger partial charge in [-0.2, -0.15) is 0 Å². The lowest BCUT2D eigenvalue weighted by Crippen LogP contribution is -2.32. The second-order valence-corrected chi connectivity index (χ2v) is 10.2. The minimum Gasteiger partial charge on any atom is -0.493 e. The number of nitrogens with zero attached hydrogens (tertiary/aromatic N) is 5. The van der Waals surface area contributed by atoms with Gasteiger partial charge in [0.25, 0.3) is 5.56 Å². The van der Waals surface area contributed by atoms with Crippen LogP contribution >= 0.6 is 11.3 Å². The Bertz CT molecular complexity index is 1600. The average Bonchev–Trinajstić information content (AvgIpc) is 3.62. The third-order valence-corrected chi connectivity index (χ3v) is 7.53. The first-order valence-electron chi connectivity index (χ1n) is 12.5. The third-order valence-electron chi connectivity index (χ3n) is 6.67. The molecule has 11 heteroatoms. The number of methoxy groups -OCH3 is 2. The van der Waals surface area contributed by atoms with Crippen molar-refractivity contribution in [3.63, 3.8) is 0 Å². The zero-order valence-corrected chi connectivity index (χ0v) is 22.7. The topological polar surface area (TPSA) is 98.2 Å². The van der Waals surface area contributed by atoms with Gasteiger partial charge < -0.3 is 14.5 Å². The number of fused-ring (bicyclic) bond motifs is 1. The first kappa shape index (κ1) is 26.5. The van der Waals surface area contributed by atoms with E-state index in [1.165, 1.54) is 12.1 Å². The number of nitrogens with one attached hydrogen (secondary N) is 1. The van der Waals surface area contributed by atoms with Gasteiger partial charge in [0.1, 0.15) is 5.82 Å². The Morgan fingerprint density at radius 2 is 1.85 bits per heavy atom. The smallest absolute Gasteiger partial charge is 0.252 e. The molecular weight excluding hydrogens is 519 g/mol. The van der Waals surface area contributed by atoms with Gasteiger partial charge in [0.2, 0.25) is 0 Å². The van der Waals surface area contributed by atoms with Crippen LogP contribution in [0.2, 0.25) is 0 Å². The number of H-pyrrole nitrogens is 1. The van der Waals surface area contributed by atoms with Crippen LogP contribution in [-0.2, 0) is 19.6 Å². The van der Waals surface area contributed by atoms with E-state index in [0.717, 1.165) is 15.8 Å². The summed E-state index contributed by atoms with van der Waals surface area (Å²) < 4.78 is 26.0. The molecule has 3 heterocycles. The van der Waals surface area contributed by atoms with Crippen molar-refractivity contribution in [1.82, 2.24) is 30.1 Å². The van der Waals surface area contributed by atoms with Crippen LogP contribution in [0.3, 0.4) is 0 Å². The van der Waals surface area contributed by atoms with E-state index in [0.29, 0.717) is 54.5 Å². The largest absolute Gasteiger partial charge is 0.493 e. The van der Waals surface area contributed by atoms with Crippen molar-refractivity contribution in [1.29, 1.82) is 0 Å². The molecule has 1 atom stereocenters. The van der Waals surface area contributed by atoms with Crippen LogP contribution in [0.5, 0.6) is 11.5 Å². The standard InChI is InChI=1S/C28H29FN6O3S/c1-4-24(27-31-32-33-35(27)15-18-7-9-21(29)10-8-18)34(17-22-6-5-11-39-22)16-20-12-19-13-25(37-2)26(38-3)14-23(19)30-28(20)36/h5-14,24H,4,15-17H2,1-3H3,(H,30,36)/t24-/m1/s1. The monoisotopic (exact) mass is 548 g/mol. The van der Waals surface area contributed by atoms with Crippen molar-refractivity contribution in [2.75, 3.05) is 14.2 Å². The number of tetrazole rings is 1. The molecule has 0 aliphatic heterocycles. The van der Waals surface area contributed by atoms with Crippen LogP contribution in [-0.4, -0.2) is 44.3 Å². The molecule has 3 aromatic heterocycles. The minimum absolute atomic E-state index is 0.174. The molecule has 0 unspecified atom stereocenters. The summed E-state index contributed by atoms with van der Waals surface area (Å²) in [7, 11) is 3.15. The van der Waals surface area contributed by atoms with Gasteiger partial charge in [-0.1, -0.05) is 25.1 Å². The number of rotatable bonds is 11. The molecule has 0 fully saturated rings. The highest BCUT2D eigenvalue weighted by Crippen LogP contribution is 2.32. The van der Waals surface area contributed by atoms with Crippen molar-refractivity contribution in [3.8, 4) is 11.5 Å². The SMILES string of the molecule is CC[C@H](c1nnnn1Cc1ccc(F)cc1)N(Cc1cccs1)Cc1cc2cc(OC)c(OC)cc2[nH]c1=O. The highest BCUT2D eigenvalue weighted by molar-refractivity contribution is 7.09. The number of hydrogen-bond donors (Lipinski definition) is 1. The van der Waals surface area contributed by atoms with Gasteiger partial charge in [-0.05, 0) is 58.1 Å². The molecular formula is C28H29FN6O3S. The van der Waals surface area contributed by atoms with Crippen LogP contribution in [0.1, 0.15) is 41.2 Å². The Kier molecular flexibility index (Phi) is 7.99. The Morgan fingerprint density at radius 1 is 1.08 bits per heavy atom. The van der Waals surface area contributed by atoms with Crippen molar-refractivity contribution in [3.05, 3.63) is 98.0 Å². The highest BCUT2D eigenvalue weighted by Gasteiger charge is 2.26. The molecule has 39 heavy (non-hydrogen) atoms. The summed E-state index contributed by atoms with van der Waals surface area (Å²) >= 11 is 1.66. The van der Waals surface area contributed by atoms with Crippen LogP contribution in [0.25, 0.3) is 10.9 Å². The van der Waals surface area contributed by atoms with E-state index in [4.69, 9.17) is 9.47 Å². The van der Waals surface area contributed by atoms with Crippen molar-refractivity contribution < 1.29 is 13.9 Å². The molecule has 0 spiro atoms. The summed E-state index contributed by atoms with van der Waals surface area (Å²) in [5, 5.41) is 15.4. The van der Waals surface area contributed by atoms with Crippen molar-refractivity contribution >= 4 is 22.2 Å². The number of thiophene rings is 1. The maximum atomic E-state index is 13.4. The number of ether oxygens (including phenoxy) is 2. The Morgan fingerprint density at radius 3 is 2.54 bits per heavy atom. The Labute approximate surface area is 228 Å².